The predicted molar refractivity (Wildman–Crippen MR) is 122 cm³/mol. The zero-order valence-corrected chi connectivity index (χ0v) is 19.5. The van der Waals surface area contributed by atoms with E-state index in [1.54, 1.807) is 44.3 Å². The molecule has 1 saturated heterocycles. The molecule has 0 atom stereocenters. The molecule has 0 unspecified atom stereocenters. The summed E-state index contributed by atoms with van der Waals surface area (Å²) in [6, 6.07) is 7.94. The van der Waals surface area contributed by atoms with E-state index in [2.05, 4.69) is 20.5 Å². The Hall–Kier alpha value is -2.56. The average Bonchev–Trinajstić information content (AvgIpc) is 2.76. The van der Waals surface area contributed by atoms with Gasteiger partial charge in [0.1, 0.15) is 5.82 Å². The minimum atomic E-state index is -3.24. The molecule has 1 aromatic heterocycles. The fraction of sp³-hybridized carbons (Fsp3) is 0.455. The Balaban J connectivity index is 1.53. The number of piperazine rings is 1. The molecule has 0 saturated carbocycles. The highest BCUT2D eigenvalue weighted by Crippen LogP contribution is 2.17. The van der Waals surface area contributed by atoms with Gasteiger partial charge in [-0.1, -0.05) is 6.07 Å². The number of amides is 2. The minimum absolute atomic E-state index is 0.0468. The standard InChI is InChI=1S/C22H30FN5O3S/c1-16(2)32(30,31)28-10-8-27(9-11-28)15-18-5-7-21(23)19(12-18)13-25-22(29)26-20-6-4-17(3)24-14-20/h4-7,12,14,16H,8-11,13,15H2,1-3H3,(H2,25,26,29). The molecule has 1 aromatic carbocycles. The van der Waals surface area contributed by atoms with Crippen LogP contribution in [0.5, 0.6) is 0 Å². The summed E-state index contributed by atoms with van der Waals surface area (Å²) in [5.74, 6) is -0.390. The number of pyridine rings is 1. The average molecular weight is 464 g/mol. The summed E-state index contributed by atoms with van der Waals surface area (Å²) in [5, 5.41) is 4.90. The molecule has 10 heteroatoms. The summed E-state index contributed by atoms with van der Waals surface area (Å²) >= 11 is 0. The smallest absolute Gasteiger partial charge is 0.319 e. The summed E-state index contributed by atoms with van der Waals surface area (Å²) in [7, 11) is -3.24. The van der Waals surface area contributed by atoms with Gasteiger partial charge in [0.2, 0.25) is 10.0 Å². The van der Waals surface area contributed by atoms with E-state index < -0.39 is 21.3 Å². The zero-order chi connectivity index (χ0) is 23.3. The topological polar surface area (TPSA) is 94.6 Å². The molecule has 1 fully saturated rings. The molecule has 32 heavy (non-hydrogen) atoms. The first-order valence-corrected chi connectivity index (χ1v) is 12.1. The number of aromatic nitrogens is 1. The summed E-state index contributed by atoms with van der Waals surface area (Å²) in [6.45, 7) is 7.99. The number of rotatable bonds is 7. The molecular formula is C22H30FN5O3S. The molecule has 3 rings (SSSR count). The van der Waals surface area contributed by atoms with Gasteiger partial charge < -0.3 is 10.6 Å². The number of carbonyl (C=O) groups excluding carboxylic acids is 1. The zero-order valence-electron chi connectivity index (χ0n) is 18.6. The van der Waals surface area contributed by atoms with Crippen LogP contribution in [0.15, 0.2) is 36.5 Å². The van der Waals surface area contributed by atoms with Gasteiger partial charge in [0, 0.05) is 50.5 Å². The Labute approximate surface area is 188 Å². The maximum Gasteiger partial charge on any atom is 0.319 e. The van der Waals surface area contributed by atoms with Crippen molar-refractivity contribution in [2.24, 2.45) is 0 Å². The van der Waals surface area contributed by atoms with Crippen molar-refractivity contribution in [2.45, 2.75) is 39.1 Å². The predicted octanol–water partition coefficient (Wildman–Crippen LogP) is 2.71. The Kier molecular flexibility index (Phi) is 7.81. The van der Waals surface area contributed by atoms with Gasteiger partial charge in [-0.3, -0.25) is 9.88 Å². The molecule has 2 heterocycles. The lowest BCUT2D eigenvalue weighted by atomic mass is 10.1. The molecule has 0 aliphatic carbocycles. The van der Waals surface area contributed by atoms with Crippen molar-refractivity contribution in [2.75, 3.05) is 31.5 Å². The monoisotopic (exact) mass is 463 g/mol. The molecule has 1 aliphatic rings. The van der Waals surface area contributed by atoms with Crippen LogP contribution in [-0.2, 0) is 23.1 Å². The van der Waals surface area contributed by atoms with Crippen molar-refractivity contribution in [3.8, 4) is 0 Å². The van der Waals surface area contributed by atoms with E-state index >= 15 is 0 Å². The van der Waals surface area contributed by atoms with Gasteiger partial charge in [-0.05, 0) is 50.6 Å². The van der Waals surface area contributed by atoms with Crippen molar-refractivity contribution >= 4 is 21.7 Å². The highest BCUT2D eigenvalue weighted by molar-refractivity contribution is 7.89. The van der Waals surface area contributed by atoms with Crippen LogP contribution in [0.1, 0.15) is 30.7 Å². The van der Waals surface area contributed by atoms with Crippen LogP contribution >= 0.6 is 0 Å². The van der Waals surface area contributed by atoms with Crippen LogP contribution in [0.4, 0.5) is 14.9 Å². The summed E-state index contributed by atoms with van der Waals surface area (Å²) in [5.41, 5.74) is 2.70. The van der Waals surface area contributed by atoms with E-state index in [4.69, 9.17) is 0 Å². The highest BCUT2D eigenvalue weighted by atomic mass is 32.2. The van der Waals surface area contributed by atoms with Gasteiger partial charge in [0.25, 0.3) is 0 Å². The van der Waals surface area contributed by atoms with Gasteiger partial charge >= 0.3 is 6.03 Å². The van der Waals surface area contributed by atoms with Crippen molar-refractivity contribution in [1.82, 2.24) is 19.5 Å². The highest BCUT2D eigenvalue weighted by Gasteiger charge is 2.29. The third kappa shape index (κ3) is 6.24. The van der Waals surface area contributed by atoms with Crippen LogP contribution in [0.3, 0.4) is 0 Å². The first-order chi connectivity index (χ1) is 15.1. The Morgan fingerprint density at radius 2 is 1.88 bits per heavy atom. The summed E-state index contributed by atoms with van der Waals surface area (Å²) < 4.78 is 40.4. The van der Waals surface area contributed by atoms with E-state index in [1.165, 1.54) is 10.4 Å². The van der Waals surface area contributed by atoms with Crippen LogP contribution in [0.25, 0.3) is 0 Å². The maximum absolute atomic E-state index is 14.3. The van der Waals surface area contributed by atoms with Crippen LogP contribution in [0, 0.1) is 12.7 Å². The second-order valence-electron chi connectivity index (χ2n) is 8.19. The third-order valence-corrected chi connectivity index (χ3v) is 7.69. The number of nitrogens with zero attached hydrogens (tertiary/aromatic N) is 3. The van der Waals surface area contributed by atoms with Crippen molar-refractivity contribution < 1.29 is 17.6 Å². The number of hydrogen-bond acceptors (Lipinski definition) is 5. The number of urea groups is 1. The molecule has 2 amide bonds. The second kappa shape index (κ2) is 10.4. The first kappa shape index (κ1) is 24.1. The number of halogens is 1. The van der Waals surface area contributed by atoms with Crippen molar-refractivity contribution in [3.05, 3.63) is 59.2 Å². The van der Waals surface area contributed by atoms with E-state index in [1.807, 2.05) is 6.92 Å². The first-order valence-electron chi connectivity index (χ1n) is 10.6. The number of aryl methyl sites for hydroxylation is 1. The Bertz CT molecular complexity index is 1040. The molecule has 8 nitrogen and oxygen atoms in total. The number of carbonyl (C=O) groups is 1. The molecule has 0 radical (unpaired) electrons. The van der Waals surface area contributed by atoms with Gasteiger partial charge in [-0.25, -0.2) is 17.6 Å². The summed E-state index contributed by atoms with van der Waals surface area (Å²) in [4.78, 5) is 18.4. The number of nitrogens with one attached hydrogen (secondary N) is 2. The minimum Gasteiger partial charge on any atom is -0.334 e. The SMILES string of the molecule is Cc1ccc(NC(=O)NCc2cc(CN3CCN(S(=O)(=O)C(C)C)CC3)ccc2F)cn1. The molecular weight excluding hydrogens is 433 g/mol. The lowest BCUT2D eigenvalue weighted by Crippen LogP contribution is -2.49. The number of benzene rings is 1. The van der Waals surface area contributed by atoms with Crippen LogP contribution < -0.4 is 10.6 Å². The number of hydrogen-bond donors (Lipinski definition) is 2. The second-order valence-corrected chi connectivity index (χ2v) is 10.7. The van der Waals surface area contributed by atoms with Gasteiger partial charge in [-0.15, -0.1) is 0 Å². The molecule has 174 valence electrons. The van der Waals surface area contributed by atoms with E-state index in [0.29, 0.717) is 44.0 Å². The quantitative estimate of drug-likeness (QED) is 0.659. The number of anilines is 1. The molecule has 2 N–H and O–H groups in total. The Morgan fingerprint density at radius 1 is 1.16 bits per heavy atom. The largest absolute Gasteiger partial charge is 0.334 e. The number of sulfonamides is 1. The van der Waals surface area contributed by atoms with Gasteiger partial charge in [0.15, 0.2) is 0 Å². The fourth-order valence-electron chi connectivity index (χ4n) is 3.45. The van der Waals surface area contributed by atoms with Crippen molar-refractivity contribution in [3.63, 3.8) is 0 Å². The lowest BCUT2D eigenvalue weighted by molar-refractivity contribution is 0.181. The lowest BCUT2D eigenvalue weighted by Gasteiger charge is -2.34. The van der Waals surface area contributed by atoms with E-state index in [0.717, 1.165) is 11.3 Å². The van der Waals surface area contributed by atoms with Gasteiger partial charge in [0.05, 0.1) is 17.1 Å². The third-order valence-electron chi connectivity index (χ3n) is 5.41. The fourth-order valence-corrected chi connectivity index (χ4v) is 4.72. The molecule has 1 aliphatic heterocycles. The van der Waals surface area contributed by atoms with Crippen LogP contribution in [0.2, 0.25) is 0 Å². The van der Waals surface area contributed by atoms with Gasteiger partial charge in [-0.2, -0.15) is 4.31 Å². The maximum atomic E-state index is 14.3. The normalized spacial score (nSPS) is 15.7. The van der Waals surface area contributed by atoms with E-state index in [-0.39, 0.29) is 12.4 Å². The molecule has 0 bridgehead atoms. The van der Waals surface area contributed by atoms with Crippen LogP contribution in [-0.4, -0.2) is 60.1 Å². The molecule has 0 spiro atoms. The summed E-state index contributed by atoms with van der Waals surface area (Å²) in [6.07, 6.45) is 1.56. The molecule has 2 aromatic rings. The van der Waals surface area contributed by atoms with E-state index in [9.17, 15) is 17.6 Å². The van der Waals surface area contributed by atoms with Crippen molar-refractivity contribution in [1.29, 1.82) is 0 Å². The Morgan fingerprint density at radius 3 is 2.50 bits per heavy atom.